The van der Waals surface area contributed by atoms with E-state index in [1.807, 2.05) is 18.3 Å². The van der Waals surface area contributed by atoms with E-state index in [-0.39, 0.29) is 18.2 Å². The number of carbonyl (C=O) groups is 1. The highest BCUT2D eigenvalue weighted by atomic mass is 19.1. The molecule has 2 aromatic heterocycles. The molecule has 0 amide bonds. The number of furan rings is 1. The van der Waals surface area contributed by atoms with Gasteiger partial charge in [-0.15, -0.1) is 0 Å². The maximum Gasteiger partial charge on any atom is 0.306 e. The number of nitrogens with zero attached hydrogens (tertiary/aromatic N) is 1. The van der Waals surface area contributed by atoms with Crippen molar-refractivity contribution in [1.82, 2.24) is 4.98 Å². The zero-order chi connectivity index (χ0) is 18.2. The molecule has 0 fully saturated rings. The van der Waals surface area contributed by atoms with Gasteiger partial charge in [-0.2, -0.15) is 0 Å². The van der Waals surface area contributed by atoms with Gasteiger partial charge in [0.2, 0.25) is 0 Å². The van der Waals surface area contributed by atoms with Gasteiger partial charge < -0.3 is 9.15 Å². The van der Waals surface area contributed by atoms with Crippen LogP contribution < -0.4 is 0 Å². The molecule has 1 aromatic carbocycles. The van der Waals surface area contributed by atoms with Crippen LogP contribution >= 0.6 is 0 Å². The van der Waals surface area contributed by atoms with E-state index in [1.165, 1.54) is 6.07 Å². The zero-order valence-electron chi connectivity index (χ0n) is 14.4. The monoisotopic (exact) mass is 353 g/mol. The molecule has 2 heterocycles. The highest BCUT2D eigenvalue weighted by Gasteiger charge is 2.11. The Balaban J connectivity index is 1.40. The number of hydrogen-bond donors (Lipinski definition) is 0. The van der Waals surface area contributed by atoms with Crippen molar-refractivity contribution >= 4 is 5.97 Å². The molecule has 0 aliphatic heterocycles. The smallest absolute Gasteiger partial charge is 0.306 e. The summed E-state index contributed by atoms with van der Waals surface area (Å²) < 4.78 is 24.6. The third-order valence-corrected chi connectivity index (χ3v) is 3.97. The molecule has 0 saturated carbocycles. The first-order valence-electron chi connectivity index (χ1n) is 8.60. The second-order valence-electron chi connectivity index (χ2n) is 5.93. The van der Waals surface area contributed by atoms with Crippen molar-refractivity contribution in [1.29, 1.82) is 0 Å². The van der Waals surface area contributed by atoms with Crippen molar-refractivity contribution in [3.8, 4) is 11.3 Å². The van der Waals surface area contributed by atoms with E-state index in [0.29, 0.717) is 30.1 Å². The van der Waals surface area contributed by atoms with E-state index in [9.17, 15) is 9.18 Å². The molecule has 0 unspecified atom stereocenters. The highest BCUT2D eigenvalue weighted by Crippen LogP contribution is 2.25. The summed E-state index contributed by atoms with van der Waals surface area (Å²) in [6, 6.07) is 13.8. The predicted molar refractivity (Wildman–Crippen MR) is 95.9 cm³/mol. The fourth-order valence-electron chi connectivity index (χ4n) is 2.62. The van der Waals surface area contributed by atoms with E-state index in [1.54, 1.807) is 36.5 Å². The zero-order valence-corrected chi connectivity index (χ0v) is 14.4. The lowest BCUT2D eigenvalue weighted by Crippen LogP contribution is -2.07. The van der Waals surface area contributed by atoms with Gasteiger partial charge in [0.1, 0.15) is 17.3 Å². The lowest BCUT2D eigenvalue weighted by Gasteiger charge is -2.04. The Labute approximate surface area is 151 Å². The summed E-state index contributed by atoms with van der Waals surface area (Å²) >= 11 is 0. The van der Waals surface area contributed by atoms with Crippen LogP contribution in [0.2, 0.25) is 0 Å². The molecule has 134 valence electrons. The molecule has 5 heteroatoms. The molecule has 0 saturated heterocycles. The van der Waals surface area contributed by atoms with Gasteiger partial charge in [-0.3, -0.25) is 9.78 Å². The maximum atomic E-state index is 13.8. The molecular formula is C21H20FNO3. The summed E-state index contributed by atoms with van der Waals surface area (Å²) in [4.78, 5) is 15.9. The van der Waals surface area contributed by atoms with E-state index in [2.05, 4.69) is 4.98 Å². The van der Waals surface area contributed by atoms with Gasteiger partial charge in [0, 0.05) is 18.8 Å². The van der Waals surface area contributed by atoms with E-state index in [4.69, 9.17) is 9.15 Å². The number of aromatic nitrogens is 1. The van der Waals surface area contributed by atoms with Crippen molar-refractivity contribution in [2.75, 3.05) is 6.61 Å². The molecule has 3 rings (SSSR count). The number of halogens is 1. The van der Waals surface area contributed by atoms with Crippen LogP contribution in [0.4, 0.5) is 4.39 Å². The summed E-state index contributed by atoms with van der Waals surface area (Å²) in [5.41, 5.74) is 1.54. The van der Waals surface area contributed by atoms with Crippen molar-refractivity contribution in [2.24, 2.45) is 0 Å². The lowest BCUT2D eigenvalue weighted by atomic mass is 10.1. The SMILES string of the molecule is O=C(CCc1ccc(-c2ccccc2F)o1)OCCCc1cccnc1. The van der Waals surface area contributed by atoms with Crippen LogP contribution in [-0.4, -0.2) is 17.6 Å². The number of aryl methyl sites for hydroxylation is 2. The summed E-state index contributed by atoms with van der Waals surface area (Å²) in [5.74, 6) is 0.500. The van der Waals surface area contributed by atoms with Crippen molar-refractivity contribution < 1.29 is 18.3 Å². The summed E-state index contributed by atoms with van der Waals surface area (Å²) in [6.07, 6.45) is 5.79. The Morgan fingerprint density at radius 1 is 1.08 bits per heavy atom. The topological polar surface area (TPSA) is 52.3 Å². The molecule has 4 nitrogen and oxygen atoms in total. The molecule has 0 aliphatic carbocycles. The third-order valence-electron chi connectivity index (χ3n) is 3.97. The van der Waals surface area contributed by atoms with Gasteiger partial charge in [-0.25, -0.2) is 4.39 Å². The lowest BCUT2D eigenvalue weighted by molar-refractivity contribution is -0.143. The first-order chi connectivity index (χ1) is 12.7. The van der Waals surface area contributed by atoms with Crippen molar-refractivity contribution in [3.05, 3.63) is 78.1 Å². The molecule has 0 atom stereocenters. The summed E-state index contributed by atoms with van der Waals surface area (Å²) in [6.45, 7) is 0.381. The minimum absolute atomic E-state index is 0.233. The fourth-order valence-corrected chi connectivity index (χ4v) is 2.62. The van der Waals surface area contributed by atoms with Crippen LogP contribution in [-0.2, 0) is 22.4 Å². The van der Waals surface area contributed by atoms with Gasteiger partial charge in [0.25, 0.3) is 0 Å². The maximum absolute atomic E-state index is 13.8. The minimum Gasteiger partial charge on any atom is -0.466 e. The standard InChI is InChI=1S/C21H20FNO3/c22-19-8-2-1-7-18(19)20-11-9-17(26-20)10-12-21(24)25-14-4-6-16-5-3-13-23-15-16/h1-3,5,7-9,11,13,15H,4,6,10,12,14H2. The average molecular weight is 353 g/mol. The molecule has 3 aromatic rings. The normalized spacial score (nSPS) is 10.7. The molecule has 0 N–H and O–H groups in total. The first-order valence-corrected chi connectivity index (χ1v) is 8.60. The molecule has 26 heavy (non-hydrogen) atoms. The van der Waals surface area contributed by atoms with Gasteiger partial charge in [-0.05, 0) is 48.7 Å². The number of pyridine rings is 1. The summed E-state index contributed by atoms with van der Waals surface area (Å²) in [5, 5.41) is 0. The predicted octanol–water partition coefficient (Wildman–Crippen LogP) is 4.59. The average Bonchev–Trinajstić information content (AvgIpc) is 3.13. The molecule has 0 aliphatic rings. The van der Waals surface area contributed by atoms with E-state index in [0.717, 1.165) is 18.4 Å². The quantitative estimate of drug-likeness (QED) is 0.439. The Morgan fingerprint density at radius 2 is 1.96 bits per heavy atom. The van der Waals surface area contributed by atoms with Crippen LogP contribution in [0.15, 0.2) is 65.3 Å². The number of esters is 1. The number of ether oxygens (including phenoxy) is 1. The Bertz CT molecular complexity index is 845. The van der Waals surface area contributed by atoms with Crippen LogP contribution in [0.3, 0.4) is 0 Å². The third kappa shape index (κ3) is 5.02. The molecular weight excluding hydrogens is 333 g/mol. The van der Waals surface area contributed by atoms with Crippen molar-refractivity contribution in [2.45, 2.75) is 25.7 Å². The Hall–Kier alpha value is -2.95. The van der Waals surface area contributed by atoms with Gasteiger partial charge in [0.05, 0.1) is 18.6 Å². The number of benzene rings is 1. The number of hydrogen-bond acceptors (Lipinski definition) is 4. The van der Waals surface area contributed by atoms with Crippen LogP contribution in [0.5, 0.6) is 0 Å². The molecule has 0 spiro atoms. The van der Waals surface area contributed by atoms with Crippen LogP contribution in [0.25, 0.3) is 11.3 Å². The number of rotatable bonds is 8. The van der Waals surface area contributed by atoms with Gasteiger partial charge in [-0.1, -0.05) is 18.2 Å². The minimum atomic E-state index is -0.332. The van der Waals surface area contributed by atoms with E-state index >= 15 is 0 Å². The highest BCUT2D eigenvalue weighted by molar-refractivity contribution is 5.69. The Morgan fingerprint density at radius 3 is 2.77 bits per heavy atom. The number of carbonyl (C=O) groups excluding carboxylic acids is 1. The molecule has 0 radical (unpaired) electrons. The fraction of sp³-hybridized carbons (Fsp3) is 0.238. The van der Waals surface area contributed by atoms with Gasteiger partial charge in [0.15, 0.2) is 0 Å². The Kier molecular flexibility index (Phi) is 6.14. The second kappa shape index (κ2) is 8.94. The van der Waals surface area contributed by atoms with E-state index < -0.39 is 0 Å². The first kappa shape index (κ1) is 17.9. The molecule has 0 bridgehead atoms. The van der Waals surface area contributed by atoms with Crippen molar-refractivity contribution in [3.63, 3.8) is 0 Å². The second-order valence-corrected chi connectivity index (χ2v) is 5.93. The largest absolute Gasteiger partial charge is 0.466 e. The van der Waals surface area contributed by atoms with Crippen LogP contribution in [0, 0.1) is 5.82 Å². The van der Waals surface area contributed by atoms with Gasteiger partial charge >= 0.3 is 5.97 Å². The van der Waals surface area contributed by atoms with Crippen LogP contribution in [0.1, 0.15) is 24.2 Å². The summed E-state index contributed by atoms with van der Waals surface area (Å²) in [7, 11) is 0.